The van der Waals surface area contributed by atoms with Crippen molar-refractivity contribution in [2.45, 2.75) is 24.3 Å². The second kappa shape index (κ2) is 9.50. The lowest BCUT2D eigenvalue weighted by Gasteiger charge is -2.25. The molecule has 0 saturated carbocycles. The fourth-order valence-corrected chi connectivity index (χ4v) is 3.90. The number of hydrogen-bond donors (Lipinski definition) is 2. The van der Waals surface area contributed by atoms with E-state index >= 15 is 0 Å². The molecule has 2 N–H and O–H groups in total. The predicted octanol–water partition coefficient (Wildman–Crippen LogP) is 4.95. The molecule has 0 aromatic heterocycles. The van der Waals surface area contributed by atoms with Crippen LogP contribution in [0.1, 0.15) is 13.8 Å². The molecule has 0 bridgehead atoms. The van der Waals surface area contributed by atoms with Crippen molar-refractivity contribution in [1.29, 1.82) is 0 Å². The minimum Gasteiger partial charge on any atom is -0.497 e. The lowest BCUT2D eigenvalue weighted by Crippen LogP contribution is -2.42. The number of halogens is 1. The molecule has 0 heterocycles. The zero-order valence-electron chi connectivity index (χ0n) is 17.8. The Morgan fingerprint density at radius 2 is 1.38 bits per heavy atom. The molecule has 32 heavy (non-hydrogen) atoms. The van der Waals surface area contributed by atoms with Crippen LogP contribution in [0.5, 0.6) is 11.5 Å². The van der Waals surface area contributed by atoms with E-state index in [1.807, 2.05) is 0 Å². The van der Waals surface area contributed by atoms with Gasteiger partial charge in [0.15, 0.2) is 5.60 Å². The molecule has 0 fully saturated rings. The number of ether oxygens (including phenoxy) is 2. The van der Waals surface area contributed by atoms with Crippen molar-refractivity contribution < 1.29 is 22.7 Å². The first-order valence-electron chi connectivity index (χ1n) is 9.62. The number of amides is 1. The van der Waals surface area contributed by atoms with Crippen molar-refractivity contribution in [2.24, 2.45) is 0 Å². The summed E-state index contributed by atoms with van der Waals surface area (Å²) in [6.07, 6.45) is 0. The Bertz CT molecular complexity index is 1180. The molecule has 3 aromatic carbocycles. The second-order valence-corrected chi connectivity index (χ2v) is 9.50. The third kappa shape index (κ3) is 5.93. The smallest absolute Gasteiger partial charge is 0.267 e. The summed E-state index contributed by atoms with van der Waals surface area (Å²) in [5.74, 6) is 0.732. The van der Waals surface area contributed by atoms with Gasteiger partial charge in [-0.3, -0.25) is 9.52 Å². The summed E-state index contributed by atoms with van der Waals surface area (Å²) in [5, 5.41) is 3.30. The summed E-state index contributed by atoms with van der Waals surface area (Å²) in [5.41, 5.74) is -0.329. The van der Waals surface area contributed by atoms with Crippen LogP contribution in [-0.4, -0.2) is 27.0 Å². The van der Waals surface area contributed by atoms with Crippen molar-refractivity contribution >= 4 is 38.9 Å². The second-order valence-electron chi connectivity index (χ2n) is 7.38. The van der Waals surface area contributed by atoms with Gasteiger partial charge in [0, 0.05) is 16.4 Å². The average Bonchev–Trinajstić information content (AvgIpc) is 2.76. The van der Waals surface area contributed by atoms with Crippen molar-refractivity contribution in [1.82, 2.24) is 0 Å². The molecule has 0 atom stereocenters. The van der Waals surface area contributed by atoms with E-state index in [1.165, 1.54) is 31.4 Å². The van der Waals surface area contributed by atoms with Gasteiger partial charge in [-0.15, -0.1) is 0 Å². The molecule has 1 amide bonds. The Morgan fingerprint density at radius 3 is 1.94 bits per heavy atom. The van der Waals surface area contributed by atoms with Gasteiger partial charge < -0.3 is 14.8 Å². The number of sulfonamides is 1. The van der Waals surface area contributed by atoms with Gasteiger partial charge in [-0.25, -0.2) is 8.42 Å². The van der Waals surface area contributed by atoms with Crippen molar-refractivity contribution in [2.75, 3.05) is 17.1 Å². The van der Waals surface area contributed by atoms with E-state index in [0.717, 1.165) is 0 Å². The Balaban J connectivity index is 1.66. The normalized spacial score (nSPS) is 11.5. The van der Waals surface area contributed by atoms with Crippen molar-refractivity contribution in [3.8, 4) is 11.5 Å². The topological polar surface area (TPSA) is 93.7 Å². The summed E-state index contributed by atoms with van der Waals surface area (Å²) < 4.78 is 38.6. The third-order valence-corrected chi connectivity index (χ3v) is 6.15. The Kier molecular flexibility index (Phi) is 6.96. The zero-order chi connectivity index (χ0) is 23.4. The number of hydrogen-bond acceptors (Lipinski definition) is 5. The molecular weight excluding hydrogens is 452 g/mol. The predicted molar refractivity (Wildman–Crippen MR) is 125 cm³/mol. The minimum absolute atomic E-state index is 0.0583. The standard InChI is InChI=1S/C23H23ClN2O5S/c1-23(2,31-20-10-4-16(24)5-11-20)22(27)25-17-8-14-21(15-9-17)32(28,29)26-18-6-12-19(30-3)13-7-18/h4-15,26H,1-3H3,(H,25,27). The van der Waals surface area contributed by atoms with Crippen LogP contribution < -0.4 is 19.5 Å². The lowest BCUT2D eigenvalue weighted by molar-refractivity contribution is -0.128. The molecule has 9 heteroatoms. The summed E-state index contributed by atoms with van der Waals surface area (Å²) in [7, 11) is -2.26. The highest BCUT2D eigenvalue weighted by molar-refractivity contribution is 7.92. The molecule has 0 aliphatic heterocycles. The number of carbonyl (C=O) groups excluding carboxylic acids is 1. The van der Waals surface area contributed by atoms with Crippen molar-refractivity contribution in [3.05, 3.63) is 77.8 Å². The Labute approximate surface area is 192 Å². The molecule has 0 saturated heterocycles. The minimum atomic E-state index is -3.79. The molecule has 0 aliphatic rings. The fraction of sp³-hybridized carbons (Fsp3) is 0.174. The van der Waals surface area contributed by atoms with Crippen LogP contribution in [0.3, 0.4) is 0 Å². The SMILES string of the molecule is COc1ccc(NS(=O)(=O)c2ccc(NC(=O)C(C)(C)Oc3ccc(Cl)cc3)cc2)cc1. The molecule has 3 rings (SSSR count). The van der Waals surface area contributed by atoms with Gasteiger partial charge >= 0.3 is 0 Å². The van der Waals surface area contributed by atoms with E-state index in [4.69, 9.17) is 21.1 Å². The van der Waals surface area contributed by atoms with Crippen LogP contribution in [-0.2, 0) is 14.8 Å². The monoisotopic (exact) mass is 474 g/mol. The van der Waals surface area contributed by atoms with Gasteiger partial charge in [0.05, 0.1) is 12.0 Å². The number of carbonyl (C=O) groups is 1. The number of methoxy groups -OCH3 is 1. The quantitative estimate of drug-likeness (QED) is 0.482. The van der Waals surface area contributed by atoms with Gasteiger partial charge in [-0.2, -0.15) is 0 Å². The van der Waals surface area contributed by atoms with Crippen LogP contribution in [0.25, 0.3) is 0 Å². The fourth-order valence-electron chi connectivity index (χ4n) is 2.72. The van der Waals surface area contributed by atoms with E-state index in [9.17, 15) is 13.2 Å². The van der Waals surface area contributed by atoms with Gasteiger partial charge in [0.2, 0.25) is 0 Å². The largest absolute Gasteiger partial charge is 0.497 e. The summed E-state index contributed by atoms with van der Waals surface area (Å²) in [6, 6.07) is 19.1. The van der Waals surface area contributed by atoms with Crippen LogP contribution in [0.4, 0.5) is 11.4 Å². The maximum atomic E-state index is 12.7. The van der Waals surface area contributed by atoms with Gasteiger partial charge in [-0.1, -0.05) is 11.6 Å². The molecular formula is C23H23ClN2O5S. The lowest BCUT2D eigenvalue weighted by atomic mass is 10.1. The number of anilines is 2. The van der Waals surface area contributed by atoms with Crippen LogP contribution in [0.2, 0.25) is 5.02 Å². The summed E-state index contributed by atoms with van der Waals surface area (Å²) in [4.78, 5) is 12.7. The first kappa shape index (κ1) is 23.4. The van der Waals surface area contributed by atoms with Crippen molar-refractivity contribution in [3.63, 3.8) is 0 Å². The van der Waals surface area contributed by atoms with E-state index < -0.39 is 15.6 Å². The molecule has 0 aliphatic carbocycles. The highest BCUT2D eigenvalue weighted by Gasteiger charge is 2.30. The first-order valence-corrected chi connectivity index (χ1v) is 11.5. The van der Waals surface area contributed by atoms with E-state index in [2.05, 4.69) is 10.0 Å². The molecule has 3 aromatic rings. The Morgan fingerprint density at radius 1 is 0.844 bits per heavy atom. The van der Waals surface area contributed by atoms with Crippen LogP contribution in [0, 0.1) is 0 Å². The summed E-state index contributed by atoms with van der Waals surface area (Å²) >= 11 is 5.87. The average molecular weight is 475 g/mol. The van der Waals surface area contributed by atoms with Crippen LogP contribution in [0.15, 0.2) is 77.7 Å². The van der Waals surface area contributed by atoms with Gasteiger partial charge in [0.25, 0.3) is 15.9 Å². The molecule has 0 spiro atoms. The van der Waals surface area contributed by atoms with Crippen LogP contribution >= 0.6 is 11.6 Å². The van der Waals surface area contributed by atoms with E-state index in [0.29, 0.717) is 27.9 Å². The summed E-state index contributed by atoms with van der Waals surface area (Å²) in [6.45, 7) is 3.27. The maximum absolute atomic E-state index is 12.7. The first-order chi connectivity index (χ1) is 15.1. The third-order valence-electron chi connectivity index (χ3n) is 4.50. The highest BCUT2D eigenvalue weighted by atomic mass is 35.5. The Hall–Kier alpha value is -3.23. The van der Waals surface area contributed by atoms with Gasteiger partial charge in [0.1, 0.15) is 11.5 Å². The maximum Gasteiger partial charge on any atom is 0.267 e. The molecule has 0 unspecified atom stereocenters. The van der Waals surface area contributed by atoms with E-state index in [-0.39, 0.29) is 10.8 Å². The molecule has 0 radical (unpaired) electrons. The highest BCUT2D eigenvalue weighted by Crippen LogP contribution is 2.24. The number of rotatable bonds is 8. The number of nitrogens with one attached hydrogen (secondary N) is 2. The zero-order valence-corrected chi connectivity index (χ0v) is 19.3. The van der Waals surface area contributed by atoms with Gasteiger partial charge in [-0.05, 0) is 86.6 Å². The van der Waals surface area contributed by atoms with E-state index in [1.54, 1.807) is 62.4 Å². The molecule has 7 nitrogen and oxygen atoms in total. The number of benzene rings is 3. The molecule has 168 valence electrons.